The van der Waals surface area contributed by atoms with Crippen molar-refractivity contribution >= 4 is 17.7 Å². The molecule has 20 heavy (non-hydrogen) atoms. The maximum Gasteiger partial charge on any atom is 0.301 e. The molecule has 1 amide bonds. The van der Waals surface area contributed by atoms with E-state index in [9.17, 15) is 4.79 Å². The molecular formula is C15H16N2O2S. The molecular weight excluding hydrogens is 272 g/mol. The fourth-order valence-electron chi connectivity index (χ4n) is 2.51. The molecule has 0 spiro atoms. The van der Waals surface area contributed by atoms with Gasteiger partial charge in [0.2, 0.25) is 0 Å². The Hall–Kier alpha value is -1.72. The Morgan fingerprint density at radius 1 is 1.30 bits per heavy atom. The molecule has 104 valence electrons. The van der Waals surface area contributed by atoms with Gasteiger partial charge in [-0.25, -0.2) is 5.84 Å². The monoisotopic (exact) mass is 288 g/mol. The maximum atomic E-state index is 11.5. The molecule has 1 aliphatic carbocycles. The van der Waals surface area contributed by atoms with Gasteiger partial charge in [-0.15, -0.1) is 11.8 Å². The molecule has 2 aromatic rings. The summed E-state index contributed by atoms with van der Waals surface area (Å²) in [5.41, 5.74) is 5.89. The number of nitrogens with one attached hydrogen (secondary N) is 1. The van der Waals surface area contributed by atoms with Crippen LogP contribution in [0.3, 0.4) is 0 Å². The number of hydrogen-bond donors (Lipinski definition) is 2. The fourth-order valence-corrected chi connectivity index (χ4v) is 3.45. The average molecular weight is 288 g/mol. The number of carbonyl (C=O) groups excluding carboxylic acids is 1. The minimum atomic E-state index is -0.389. The van der Waals surface area contributed by atoms with Crippen LogP contribution in [0.1, 0.15) is 33.7 Å². The summed E-state index contributed by atoms with van der Waals surface area (Å²) in [6, 6.07) is 8.44. The predicted molar refractivity (Wildman–Crippen MR) is 78.4 cm³/mol. The van der Waals surface area contributed by atoms with E-state index in [2.05, 4.69) is 23.6 Å². The first kappa shape index (κ1) is 13.3. The van der Waals surface area contributed by atoms with Gasteiger partial charge in [-0.3, -0.25) is 10.2 Å². The molecule has 3 rings (SSSR count). The molecule has 0 saturated heterocycles. The lowest BCUT2D eigenvalue weighted by atomic mass is 10.1. The molecule has 1 aliphatic rings. The van der Waals surface area contributed by atoms with Crippen molar-refractivity contribution in [2.75, 3.05) is 0 Å². The van der Waals surface area contributed by atoms with E-state index in [-0.39, 0.29) is 5.91 Å². The van der Waals surface area contributed by atoms with Gasteiger partial charge in [0.25, 0.3) is 0 Å². The number of nitrogen functional groups attached to an aromatic ring is 1. The van der Waals surface area contributed by atoms with E-state index in [0.717, 1.165) is 5.56 Å². The topological polar surface area (TPSA) is 68.3 Å². The van der Waals surface area contributed by atoms with Crippen LogP contribution in [-0.4, -0.2) is 5.91 Å². The number of nitrogens with two attached hydrogens (primary N) is 1. The standard InChI is InChI=1S/C15H16N2O2S/c16-17-15(18)14-12(6-7-19-14)9-20-13-5-4-10-2-1-3-11(10)8-13/h4-8H,1-3,9,16H2,(H,17,18). The molecule has 0 unspecified atom stereocenters. The van der Waals surface area contributed by atoms with E-state index in [0.29, 0.717) is 11.5 Å². The van der Waals surface area contributed by atoms with Crippen molar-refractivity contribution in [2.45, 2.75) is 29.9 Å². The van der Waals surface area contributed by atoms with E-state index in [1.165, 1.54) is 41.5 Å². The molecule has 0 saturated carbocycles. The van der Waals surface area contributed by atoms with E-state index in [1.807, 2.05) is 6.07 Å². The number of carbonyl (C=O) groups is 1. The molecule has 0 fully saturated rings. The summed E-state index contributed by atoms with van der Waals surface area (Å²) >= 11 is 1.71. The molecule has 1 aromatic carbocycles. The fraction of sp³-hybridized carbons (Fsp3) is 0.267. The highest BCUT2D eigenvalue weighted by Gasteiger charge is 2.15. The van der Waals surface area contributed by atoms with E-state index in [4.69, 9.17) is 10.3 Å². The first-order valence-electron chi connectivity index (χ1n) is 6.60. The minimum Gasteiger partial charge on any atom is -0.459 e. The smallest absolute Gasteiger partial charge is 0.301 e. The summed E-state index contributed by atoms with van der Waals surface area (Å²) in [6.07, 6.45) is 5.15. The van der Waals surface area contributed by atoms with E-state index >= 15 is 0 Å². The number of aryl methyl sites for hydroxylation is 2. The van der Waals surface area contributed by atoms with E-state index < -0.39 is 0 Å². The molecule has 0 bridgehead atoms. The summed E-state index contributed by atoms with van der Waals surface area (Å²) < 4.78 is 5.17. The Morgan fingerprint density at radius 3 is 3.00 bits per heavy atom. The zero-order chi connectivity index (χ0) is 13.9. The van der Waals surface area contributed by atoms with Crippen LogP contribution in [-0.2, 0) is 18.6 Å². The third-order valence-corrected chi connectivity index (χ3v) is 4.59. The van der Waals surface area contributed by atoms with Gasteiger partial charge in [0.15, 0.2) is 5.76 Å². The third-order valence-electron chi connectivity index (χ3n) is 3.55. The summed E-state index contributed by atoms with van der Waals surface area (Å²) in [4.78, 5) is 12.7. The highest BCUT2D eigenvalue weighted by Crippen LogP contribution is 2.30. The van der Waals surface area contributed by atoms with Gasteiger partial charge >= 0.3 is 5.91 Å². The molecule has 0 radical (unpaired) electrons. The Bertz CT molecular complexity index is 637. The Kier molecular flexibility index (Phi) is 3.80. The largest absolute Gasteiger partial charge is 0.459 e. The second-order valence-electron chi connectivity index (χ2n) is 4.82. The molecule has 0 atom stereocenters. The van der Waals surface area contributed by atoms with Gasteiger partial charge in [0.1, 0.15) is 0 Å². The summed E-state index contributed by atoms with van der Waals surface area (Å²) in [5.74, 6) is 5.73. The Balaban J connectivity index is 1.71. The molecule has 3 N–H and O–H groups in total. The highest BCUT2D eigenvalue weighted by molar-refractivity contribution is 7.98. The van der Waals surface area contributed by atoms with Crippen LogP contribution < -0.4 is 11.3 Å². The lowest BCUT2D eigenvalue weighted by molar-refractivity contribution is 0.0925. The molecule has 1 heterocycles. The first-order chi connectivity index (χ1) is 9.78. The number of hydrogen-bond acceptors (Lipinski definition) is 4. The molecule has 5 heteroatoms. The number of benzene rings is 1. The second kappa shape index (κ2) is 5.73. The van der Waals surface area contributed by atoms with Crippen molar-refractivity contribution in [1.82, 2.24) is 5.43 Å². The average Bonchev–Trinajstić information content (AvgIpc) is 3.12. The lowest BCUT2D eigenvalue weighted by Crippen LogP contribution is -2.30. The Morgan fingerprint density at radius 2 is 2.15 bits per heavy atom. The lowest BCUT2D eigenvalue weighted by Gasteiger charge is -2.05. The highest BCUT2D eigenvalue weighted by atomic mass is 32.2. The zero-order valence-corrected chi connectivity index (χ0v) is 11.8. The molecule has 0 aliphatic heterocycles. The molecule has 1 aromatic heterocycles. The zero-order valence-electron chi connectivity index (χ0n) is 11.0. The normalized spacial score (nSPS) is 13.2. The quantitative estimate of drug-likeness (QED) is 0.393. The van der Waals surface area contributed by atoms with Crippen LogP contribution in [0, 0.1) is 0 Å². The van der Waals surface area contributed by atoms with Crippen molar-refractivity contribution in [3.8, 4) is 0 Å². The van der Waals surface area contributed by atoms with Crippen molar-refractivity contribution in [2.24, 2.45) is 5.84 Å². The van der Waals surface area contributed by atoms with Crippen LogP contribution in [0.25, 0.3) is 0 Å². The first-order valence-corrected chi connectivity index (χ1v) is 7.58. The molecule has 4 nitrogen and oxygen atoms in total. The third kappa shape index (κ3) is 2.59. The van der Waals surface area contributed by atoms with Gasteiger partial charge in [-0.2, -0.15) is 0 Å². The number of rotatable bonds is 4. The van der Waals surface area contributed by atoms with Crippen LogP contribution in [0.15, 0.2) is 39.8 Å². The van der Waals surface area contributed by atoms with Crippen molar-refractivity contribution in [1.29, 1.82) is 0 Å². The number of thioether (sulfide) groups is 1. The van der Waals surface area contributed by atoms with Crippen LogP contribution >= 0.6 is 11.8 Å². The maximum absolute atomic E-state index is 11.5. The van der Waals surface area contributed by atoms with Crippen molar-refractivity contribution in [3.63, 3.8) is 0 Å². The van der Waals surface area contributed by atoms with Crippen LogP contribution in [0.4, 0.5) is 0 Å². The van der Waals surface area contributed by atoms with Gasteiger partial charge in [-0.1, -0.05) is 6.07 Å². The number of furan rings is 1. The minimum absolute atomic E-state index is 0.293. The number of hydrazine groups is 1. The van der Waals surface area contributed by atoms with Gasteiger partial charge in [0.05, 0.1) is 6.26 Å². The number of fused-ring (bicyclic) bond motifs is 1. The summed E-state index contributed by atoms with van der Waals surface area (Å²) in [6.45, 7) is 0. The summed E-state index contributed by atoms with van der Waals surface area (Å²) in [7, 11) is 0. The van der Waals surface area contributed by atoms with Gasteiger partial charge in [-0.05, 0) is 48.6 Å². The predicted octanol–water partition coefficient (Wildman–Crippen LogP) is 2.66. The van der Waals surface area contributed by atoms with Gasteiger partial charge < -0.3 is 4.42 Å². The SMILES string of the molecule is NNC(=O)c1occc1CSc1ccc2c(c1)CCC2. The second-order valence-corrected chi connectivity index (χ2v) is 5.87. The summed E-state index contributed by atoms with van der Waals surface area (Å²) in [5, 5.41) is 0. The van der Waals surface area contributed by atoms with Crippen LogP contribution in [0.5, 0.6) is 0 Å². The van der Waals surface area contributed by atoms with Gasteiger partial charge in [0, 0.05) is 16.2 Å². The van der Waals surface area contributed by atoms with E-state index in [1.54, 1.807) is 11.8 Å². The number of amides is 1. The van der Waals surface area contributed by atoms with Crippen LogP contribution in [0.2, 0.25) is 0 Å². The van der Waals surface area contributed by atoms with Crippen molar-refractivity contribution < 1.29 is 9.21 Å². The Labute approximate surface area is 121 Å². The van der Waals surface area contributed by atoms with Crippen molar-refractivity contribution in [3.05, 3.63) is 53.0 Å².